The average molecular weight is 362 g/mol. The van der Waals surface area contributed by atoms with Crippen LogP contribution in [0.5, 0.6) is 0 Å². The second-order valence-electron chi connectivity index (χ2n) is 6.17. The summed E-state index contributed by atoms with van der Waals surface area (Å²) < 4.78 is 13.2. The number of nitrogens with one attached hydrogen (secondary N) is 1. The molecule has 132 valence electrons. The van der Waals surface area contributed by atoms with Crippen LogP contribution < -0.4 is 5.32 Å². The number of benzene rings is 2. The Labute approximate surface area is 152 Å². The van der Waals surface area contributed by atoms with Gasteiger partial charge in [-0.25, -0.2) is 9.18 Å². The van der Waals surface area contributed by atoms with Crippen LogP contribution in [0.1, 0.15) is 18.5 Å². The highest BCUT2D eigenvalue weighted by Gasteiger charge is 2.24. The fraction of sp³-hybridized carbons (Fsp3) is 0.316. The molecule has 1 atom stereocenters. The van der Waals surface area contributed by atoms with Gasteiger partial charge in [-0.1, -0.05) is 41.9 Å². The lowest BCUT2D eigenvalue weighted by molar-refractivity contribution is 0.119. The first-order valence-electron chi connectivity index (χ1n) is 8.34. The van der Waals surface area contributed by atoms with E-state index in [0.29, 0.717) is 24.8 Å². The molecule has 0 radical (unpaired) electrons. The van der Waals surface area contributed by atoms with Crippen molar-refractivity contribution >= 4 is 23.3 Å². The Morgan fingerprint density at radius 2 is 1.80 bits per heavy atom. The van der Waals surface area contributed by atoms with E-state index in [-0.39, 0.29) is 11.1 Å². The van der Waals surface area contributed by atoms with E-state index in [4.69, 9.17) is 11.6 Å². The summed E-state index contributed by atoms with van der Waals surface area (Å²) in [6.07, 6.45) is 0. The summed E-state index contributed by atoms with van der Waals surface area (Å²) in [5.74, 6) is -0.497. The van der Waals surface area contributed by atoms with Crippen molar-refractivity contribution in [2.24, 2.45) is 0 Å². The number of nitrogens with zero attached hydrogens (tertiary/aromatic N) is 2. The third-order valence-corrected chi connectivity index (χ3v) is 4.89. The number of hydrogen-bond donors (Lipinski definition) is 1. The highest BCUT2D eigenvalue weighted by Crippen LogP contribution is 2.22. The molecule has 1 aliphatic rings. The number of carbonyl (C=O) groups is 1. The standard InChI is InChI=1S/C19H21ClFN3O/c1-14(15-5-3-2-4-6-15)23-9-11-24(12-10-23)19(25)22-16-7-8-18(21)17(20)13-16/h2-8,13-14H,9-12H2,1H3,(H,22,25). The van der Waals surface area contributed by atoms with Crippen LogP contribution in [0.15, 0.2) is 48.5 Å². The van der Waals surface area contributed by atoms with Crippen LogP contribution in [0.25, 0.3) is 0 Å². The van der Waals surface area contributed by atoms with Crippen LogP contribution in [0, 0.1) is 5.82 Å². The van der Waals surface area contributed by atoms with Crippen LogP contribution in [0.4, 0.5) is 14.9 Å². The molecule has 0 bridgehead atoms. The maximum atomic E-state index is 13.2. The second-order valence-corrected chi connectivity index (χ2v) is 6.58. The normalized spacial score (nSPS) is 16.5. The number of rotatable bonds is 3. The summed E-state index contributed by atoms with van der Waals surface area (Å²) >= 11 is 5.75. The first-order valence-corrected chi connectivity index (χ1v) is 8.72. The van der Waals surface area contributed by atoms with Gasteiger partial charge in [-0.05, 0) is 30.7 Å². The summed E-state index contributed by atoms with van der Waals surface area (Å²) in [7, 11) is 0. The Hall–Kier alpha value is -2.11. The topological polar surface area (TPSA) is 35.6 Å². The smallest absolute Gasteiger partial charge is 0.321 e. The predicted molar refractivity (Wildman–Crippen MR) is 98.4 cm³/mol. The quantitative estimate of drug-likeness (QED) is 0.880. The van der Waals surface area contributed by atoms with Gasteiger partial charge in [0.15, 0.2) is 0 Å². The minimum atomic E-state index is -0.497. The molecule has 6 heteroatoms. The molecular weight excluding hydrogens is 341 g/mol. The van der Waals surface area contributed by atoms with Gasteiger partial charge >= 0.3 is 6.03 Å². The van der Waals surface area contributed by atoms with Gasteiger partial charge < -0.3 is 10.2 Å². The Bertz CT molecular complexity index is 733. The largest absolute Gasteiger partial charge is 0.322 e. The molecule has 4 nitrogen and oxygen atoms in total. The van der Waals surface area contributed by atoms with E-state index in [2.05, 4.69) is 29.3 Å². The molecule has 0 spiro atoms. The van der Waals surface area contributed by atoms with Crippen LogP contribution in [-0.4, -0.2) is 42.0 Å². The molecule has 0 aromatic heterocycles. The van der Waals surface area contributed by atoms with Gasteiger partial charge in [-0.3, -0.25) is 4.90 Å². The molecule has 1 fully saturated rings. The molecule has 2 aromatic rings. The fourth-order valence-corrected chi connectivity index (χ4v) is 3.21. The third-order valence-electron chi connectivity index (χ3n) is 4.60. The van der Waals surface area contributed by atoms with Crippen LogP contribution in [-0.2, 0) is 0 Å². The van der Waals surface area contributed by atoms with Gasteiger partial charge in [0, 0.05) is 37.9 Å². The van der Waals surface area contributed by atoms with Crippen molar-refractivity contribution in [2.75, 3.05) is 31.5 Å². The summed E-state index contributed by atoms with van der Waals surface area (Å²) in [5.41, 5.74) is 1.78. The summed E-state index contributed by atoms with van der Waals surface area (Å²) in [6, 6.07) is 14.7. The third kappa shape index (κ3) is 4.30. The minimum absolute atomic E-state index is 0.000643. The predicted octanol–water partition coefficient (Wildman–Crippen LogP) is 4.39. The zero-order valence-corrected chi connectivity index (χ0v) is 14.8. The number of halogens is 2. The number of piperazine rings is 1. The molecule has 2 amide bonds. The van der Waals surface area contributed by atoms with Gasteiger partial charge in [0.2, 0.25) is 0 Å². The molecule has 0 aliphatic carbocycles. The zero-order valence-electron chi connectivity index (χ0n) is 14.1. The second kappa shape index (κ2) is 7.85. The fourth-order valence-electron chi connectivity index (χ4n) is 3.03. The van der Waals surface area contributed by atoms with Gasteiger partial charge in [-0.2, -0.15) is 0 Å². The number of hydrogen-bond acceptors (Lipinski definition) is 2. The van der Waals surface area contributed by atoms with Crippen molar-refractivity contribution < 1.29 is 9.18 Å². The molecule has 3 rings (SSSR count). The van der Waals surface area contributed by atoms with Crippen molar-refractivity contribution in [3.63, 3.8) is 0 Å². The molecule has 1 N–H and O–H groups in total. The van der Waals surface area contributed by atoms with E-state index >= 15 is 0 Å². The van der Waals surface area contributed by atoms with E-state index < -0.39 is 5.82 Å². The number of anilines is 1. The first kappa shape index (κ1) is 17.7. The number of amides is 2. The lowest BCUT2D eigenvalue weighted by Crippen LogP contribution is -2.50. The highest BCUT2D eigenvalue weighted by molar-refractivity contribution is 6.31. The van der Waals surface area contributed by atoms with Crippen LogP contribution >= 0.6 is 11.6 Å². The van der Waals surface area contributed by atoms with Gasteiger partial charge in [0.25, 0.3) is 0 Å². The molecule has 1 unspecified atom stereocenters. The van der Waals surface area contributed by atoms with Crippen molar-refractivity contribution in [1.82, 2.24) is 9.80 Å². The van der Waals surface area contributed by atoms with E-state index in [1.807, 2.05) is 18.2 Å². The number of urea groups is 1. The monoisotopic (exact) mass is 361 g/mol. The van der Waals surface area contributed by atoms with E-state index in [0.717, 1.165) is 13.1 Å². The maximum Gasteiger partial charge on any atom is 0.321 e. The van der Waals surface area contributed by atoms with Gasteiger partial charge in [-0.15, -0.1) is 0 Å². The zero-order chi connectivity index (χ0) is 17.8. The van der Waals surface area contributed by atoms with Crippen molar-refractivity contribution in [3.05, 3.63) is 64.9 Å². The SMILES string of the molecule is CC(c1ccccc1)N1CCN(C(=O)Nc2ccc(F)c(Cl)c2)CC1. The molecular formula is C19H21ClFN3O. The lowest BCUT2D eigenvalue weighted by atomic mass is 10.1. The average Bonchev–Trinajstić information content (AvgIpc) is 2.65. The van der Waals surface area contributed by atoms with Gasteiger partial charge in [0.05, 0.1) is 5.02 Å². The number of carbonyl (C=O) groups excluding carboxylic acids is 1. The summed E-state index contributed by atoms with van der Waals surface area (Å²) in [5, 5.41) is 2.77. The molecule has 2 aromatic carbocycles. The molecule has 0 saturated carbocycles. The Kier molecular flexibility index (Phi) is 5.56. The molecule has 1 saturated heterocycles. The Balaban J connectivity index is 1.54. The molecule has 1 heterocycles. The Morgan fingerprint density at radius 3 is 2.44 bits per heavy atom. The minimum Gasteiger partial charge on any atom is -0.322 e. The lowest BCUT2D eigenvalue weighted by Gasteiger charge is -2.38. The van der Waals surface area contributed by atoms with Crippen molar-refractivity contribution in [3.8, 4) is 0 Å². The highest BCUT2D eigenvalue weighted by atomic mass is 35.5. The van der Waals surface area contributed by atoms with Crippen molar-refractivity contribution in [1.29, 1.82) is 0 Å². The van der Waals surface area contributed by atoms with Crippen LogP contribution in [0.3, 0.4) is 0 Å². The van der Waals surface area contributed by atoms with E-state index in [9.17, 15) is 9.18 Å². The summed E-state index contributed by atoms with van der Waals surface area (Å²) in [4.78, 5) is 16.5. The van der Waals surface area contributed by atoms with Gasteiger partial charge in [0.1, 0.15) is 5.82 Å². The first-order chi connectivity index (χ1) is 12.0. The Morgan fingerprint density at radius 1 is 1.12 bits per heavy atom. The van der Waals surface area contributed by atoms with E-state index in [1.54, 1.807) is 4.90 Å². The van der Waals surface area contributed by atoms with Crippen LogP contribution in [0.2, 0.25) is 5.02 Å². The molecule has 25 heavy (non-hydrogen) atoms. The summed E-state index contributed by atoms with van der Waals surface area (Å²) in [6.45, 7) is 5.11. The van der Waals surface area contributed by atoms with Crippen molar-refractivity contribution in [2.45, 2.75) is 13.0 Å². The molecule has 1 aliphatic heterocycles. The van der Waals surface area contributed by atoms with E-state index in [1.165, 1.54) is 23.8 Å². The maximum absolute atomic E-state index is 13.2.